The molecule has 2 aromatic rings. The summed E-state index contributed by atoms with van der Waals surface area (Å²) in [6, 6.07) is 11.3. The van der Waals surface area contributed by atoms with Gasteiger partial charge in [0.05, 0.1) is 0 Å². The minimum atomic E-state index is -0.597. The van der Waals surface area contributed by atoms with Crippen molar-refractivity contribution in [1.29, 1.82) is 0 Å². The molecule has 1 atom stereocenters. The van der Waals surface area contributed by atoms with Gasteiger partial charge in [-0.3, -0.25) is 4.79 Å². The number of ether oxygens (including phenoxy) is 1. The van der Waals surface area contributed by atoms with Crippen molar-refractivity contribution in [2.75, 3.05) is 5.32 Å². The molecular weight excluding hydrogens is 298 g/mol. The van der Waals surface area contributed by atoms with Crippen molar-refractivity contribution in [1.82, 2.24) is 0 Å². The van der Waals surface area contributed by atoms with E-state index in [-0.39, 0.29) is 5.91 Å². The van der Waals surface area contributed by atoms with E-state index in [2.05, 4.69) is 5.32 Å². The van der Waals surface area contributed by atoms with Crippen molar-refractivity contribution >= 4 is 23.2 Å². The largest absolute Gasteiger partial charge is 0.481 e. The van der Waals surface area contributed by atoms with E-state index in [1.807, 2.05) is 57.2 Å². The molecule has 3 nitrogen and oxygen atoms in total. The Morgan fingerprint density at radius 3 is 2.36 bits per heavy atom. The number of aryl methyl sites for hydroxylation is 3. The fourth-order valence-electron chi connectivity index (χ4n) is 2.20. The van der Waals surface area contributed by atoms with Crippen molar-refractivity contribution in [2.45, 2.75) is 33.8 Å². The first-order valence-corrected chi connectivity index (χ1v) is 7.55. The van der Waals surface area contributed by atoms with Crippen LogP contribution in [0.5, 0.6) is 5.75 Å². The predicted octanol–water partition coefficient (Wildman–Crippen LogP) is 4.67. The lowest BCUT2D eigenvalue weighted by atomic mass is 10.1. The highest BCUT2D eigenvalue weighted by molar-refractivity contribution is 6.32. The van der Waals surface area contributed by atoms with E-state index in [1.54, 1.807) is 6.92 Å². The van der Waals surface area contributed by atoms with Gasteiger partial charge in [-0.2, -0.15) is 0 Å². The number of carbonyl (C=O) groups excluding carboxylic acids is 1. The lowest BCUT2D eigenvalue weighted by Gasteiger charge is -2.16. The second kappa shape index (κ2) is 6.84. The number of rotatable bonds is 4. The molecule has 0 aliphatic heterocycles. The molecule has 0 bridgehead atoms. The average molecular weight is 318 g/mol. The van der Waals surface area contributed by atoms with Gasteiger partial charge in [-0.15, -0.1) is 0 Å². The maximum Gasteiger partial charge on any atom is 0.265 e. The maximum atomic E-state index is 12.2. The molecule has 2 rings (SSSR count). The molecule has 1 N–H and O–H groups in total. The number of nitrogens with one attached hydrogen (secondary N) is 1. The van der Waals surface area contributed by atoms with E-state index in [0.29, 0.717) is 5.75 Å². The molecular formula is C18H20ClNO2. The Hall–Kier alpha value is -2.00. The highest BCUT2D eigenvalue weighted by Gasteiger charge is 2.16. The van der Waals surface area contributed by atoms with Gasteiger partial charge in [-0.25, -0.2) is 0 Å². The van der Waals surface area contributed by atoms with Gasteiger partial charge in [-0.05, 0) is 68.7 Å². The summed E-state index contributed by atoms with van der Waals surface area (Å²) >= 11 is 6.14. The van der Waals surface area contributed by atoms with E-state index < -0.39 is 6.10 Å². The second-order valence-corrected chi connectivity index (χ2v) is 5.87. The van der Waals surface area contributed by atoms with Crippen molar-refractivity contribution in [3.05, 3.63) is 58.1 Å². The first-order valence-electron chi connectivity index (χ1n) is 7.18. The molecule has 22 heavy (non-hydrogen) atoms. The van der Waals surface area contributed by atoms with E-state index in [1.165, 1.54) is 0 Å². The SMILES string of the molecule is Cc1cccc(NC(=O)[C@@H](C)Oc2cc(C)c(Cl)c(C)c2)c1. The van der Waals surface area contributed by atoms with Crippen LogP contribution in [0.25, 0.3) is 0 Å². The van der Waals surface area contributed by atoms with Crippen LogP contribution in [0.15, 0.2) is 36.4 Å². The Bertz CT molecular complexity index is 674. The molecule has 0 saturated carbocycles. The van der Waals surface area contributed by atoms with Gasteiger partial charge in [0, 0.05) is 10.7 Å². The van der Waals surface area contributed by atoms with Gasteiger partial charge < -0.3 is 10.1 Å². The molecule has 0 radical (unpaired) electrons. The monoisotopic (exact) mass is 317 g/mol. The first-order chi connectivity index (χ1) is 10.4. The van der Waals surface area contributed by atoms with Crippen LogP contribution < -0.4 is 10.1 Å². The molecule has 0 fully saturated rings. The van der Waals surface area contributed by atoms with Crippen molar-refractivity contribution < 1.29 is 9.53 Å². The molecule has 0 unspecified atom stereocenters. The van der Waals surface area contributed by atoms with Crippen LogP contribution in [-0.4, -0.2) is 12.0 Å². The maximum absolute atomic E-state index is 12.2. The van der Waals surface area contributed by atoms with Crippen molar-refractivity contribution in [3.8, 4) is 5.75 Å². The van der Waals surface area contributed by atoms with Crippen LogP contribution in [0, 0.1) is 20.8 Å². The van der Waals surface area contributed by atoms with Gasteiger partial charge in [-0.1, -0.05) is 23.7 Å². The standard InChI is InChI=1S/C18H20ClNO2/c1-11-6-5-7-15(8-11)20-18(21)14(4)22-16-9-12(2)17(19)13(3)10-16/h5-10,14H,1-4H3,(H,20,21)/t14-/m1/s1. The Kier molecular flexibility index (Phi) is 5.09. The smallest absolute Gasteiger partial charge is 0.265 e. The zero-order valence-electron chi connectivity index (χ0n) is 13.2. The van der Waals surface area contributed by atoms with Crippen molar-refractivity contribution in [2.24, 2.45) is 0 Å². The summed E-state index contributed by atoms with van der Waals surface area (Å²) in [7, 11) is 0. The van der Waals surface area contributed by atoms with Gasteiger partial charge in [0.25, 0.3) is 5.91 Å². The van der Waals surface area contributed by atoms with E-state index in [9.17, 15) is 4.79 Å². The van der Waals surface area contributed by atoms with Crippen molar-refractivity contribution in [3.63, 3.8) is 0 Å². The summed E-state index contributed by atoms with van der Waals surface area (Å²) in [5.41, 5.74) is 3.73. The third kappa shape index (κ3) is 4.01. The number of amides is 1. The van der Waals surface area contributed by atoms with Crippen LogP contribution in [0.2, 0.25) is 5.02 Å². The number of anilines is 1. The van der Waals surface area contributed by atoms with Gasteiger partial charge in [0.15, 0.2) is 6.10 Å². The number of hydrogen-bond donors (Lipinski definition) is 1. The third-order valence-corrected chi connectivity index (χ3v) is 3.97. The molecule has 2 aromatic carbocycles. The van der Waals surface area contributed by atoms with E-state index in [4.69, 9.17) is 16.3 Å². The highest BCUT2D eigenvalue weighted by Crippen LogP contribution is 2.26. The third-order valence-electron chi connectivity index (χ3n) is 3.38. The highest BCUT2D eigenvalue weighted by atomic mass is 35.5. The summed E-state index contributed by atoms with van der Waals surface area (Å²) in [5, 5.41) is 3.58. The summed E-state index contributed by atoms with van der Waals surface area (Å²) in [4.78, 5) is 12.2. The average Bonchev–Trinajstić information content (AvgIpc) is 2.44. The summed E-state index contributed by atoms with van der Waals surface area (Å²) in [6.07, 6.45) is -0.597. The second-order valence-electron chi connectivity index (χ2n) is 5.49. The lowest BCUT2D eigenvalue weighted by molar-refractivity contribution is -0.122. The van der Waals surface area contributed by atoms with Gasteiger partial charge >= 0.3 is 0 Å². The topological polar surface area (TPSA) is 38.3 Å². The molecule has 1 amide bonds. The Morgan fingerprint density at radius 1 is 1.14 bits per heavy atom. The molecule has 0 aliphatic rings. The Balaban J connectivity index is 2.05. The van der Waals surface area contributed by atoms with E-state index >= 15 is 0 Å². The molecule has 116 valence electrons. The number of halogens is 1. The predicted molar refractivity (Wildman–Crippen MR) is 90.8 cm³/mol. The zero-order valence-corrected chi connectivity index (χ0v) is 14.0. The molecule has 0 aromatic heterocycles. The Labute approximate surface area is 136 Å². The normalized spacial score (nSPS) is 11.9. The number of benzene rings is 2. The minimum Gasteiger partial charge on any atom is -0.481 e. The molecule has 0 aliphatic carbocycles. The fourth-order valence-corrected chi connectivity index (χ4v) is 2.31. The van der Waals surface area contributed by atoms with Crippen LogP contribution in [0.4, 0.5) is 5.69 Å². The minimum absolute atomic E-state index is 0.184. The lowest BCUT2D eigenvalue weighted by Crippen LogP contribution is -2.30. The molecule has 4 heteroatoms. The quantitative estimate of drug-likeness (QED) is 0.889. The van der Waals surface area contributed by atoms with Gasteiger partial charge in [0.1, 0.15) is 5.75 Å². The summed E-state index contributed by atoms with van der Waals surface area (Å²) < 4.78 is 5.72. The van der Waals surface area contributed by atoms with Crippen LogP contribution in [0.1, 0.15) is 23.6 Å². The van der Waals surface area contributed by atoms with E-state index in [0.717, 1.165) is 27.4 Å². The zero-order chi connectivity index (χ0) is 16.3. The molecule has 0 heterocycles. The first kappa shape index (κ1) is 16.4. The molecule has 0 spiro atoms. The summed E-state index contributed by atoms with van der Waals surface area (Å²) in [6.45, 7) is 7.54. The van der Waals surface area contributed by atoms with Crippen LogP contribution in [0.3, 0.4) is 0 Å². The van der Waals surface area contributed by atoms with Crippen LogP contribution in [-0.2, 0) is 4.79 Å². The summed E-state index contributed by atoms with van der Waals surface area (Å²) in [5.74, 6) is 0.460. The fraction of sp³-hybridized carbons (Fsp3) is 0.278. The molecule has 0 saturated heterocycles. The number of hydrogen-bond acceptors (Lipinski definition) is 2. The number of carbonyl (C=O) groups is 1. The van der Waals surface area contributed by atoms with Gasteiger partial charge in [0.2, 0.25) is 0 Å². The van der Waals surface area contributed by atoms with Crippen LogP contribution >= 0.6 is 11.6 Å². The Morgan fingerprint density at radius 2 is 1.77 bits per heavy atom.